The van der Waals surface area contributed by atoms with Crippen LogP contribution >= 0.6 is 0 Å². The molecule has 1 rings (SSSR count). The molecule has 0 aromatic rings. The number of carboxylic acid groups (broad SMARTS) is 1. The van der Waals surface area contributed by atoms with Crippen LogP contribution in [0.15, 0.2) is 12.2 Å². The molecule has 0 saturated carbocycles. The molecule has 0 fully saturated rings. The van der Waals surface area contributed by atoms with Crippen molar-refractivity contribution in [3.8, 4) is 0 Å². The minimum atomic E-state index is -0.908. The second-order valence-corrected chi connectivity index (χ2v) is 2.68. The molecule has 1 heterocycles. The van der Waals surface area contributed by atoms with E-state index >= 15 is 0 Å². The zero-order valence-corrected chi connectivity index (χ0v) is 6.90. The predicted molar refractivity (Wildman–Crippen MR) is 44.0 cm³/mol. The molecule has 0 radical (unpaired) electrons. The van der Waals surface area contributed by atoms with Gasteiger partial charge in [-0.2, -0.15) is 0 Å². The van der Waals surface area contributed by atoms with Crippen molar-refractivity contribution in [3.63, 3.8) is 0 Å². The highest BCUT2D eigenvalue weighted by Gasteiger charge is 2.05. The van der Waals surface area contributed by atoms with Crippen LogP contribution in [0.1, 0.15) is 0 Å². The van der Waals surface area contributed by atoms with Gasteiger partial charge in [-0.15, -0.1) is 0 Å². The lowest BCUT2D eigenvalue weighted by Crippen LogP contribution is -2.25. The smallest absolute Gasteiger partial charge is 0.329 e. The SMILES string of the molecule is O=C(O)COCCN1CC=CC1. The third-order valence-electron chi connectivity index (χ3n) is 1.67. The van der Waals surface area contributed by atoms with E-state index in [0.29, 0.717) is 6.61 Å². The van der Waals surface area contributed by atoms with E-state index in [0.717, 1.165) is 19.6 Å². The van der Waals surface area contributed by atoms with E-state index in [2.05, 4.69) is 17.1 Å². The summed E-state index contributed by atoms with van der Waals surface area (Å²) in [7, 11) is 0. The molecular formula is C8H13NO3. The van der Waals surface area contributed by atoms with Crippen LogP contribution in [0.2, 0.25) is 0 Å². The van der Waals surface area contributed by atoms with Crippen LogP contribution in [0.4, 0.5) is 0 Å². The highest BCUT2D eigenvalue weighted by molar-refractivity contribution is 5.67. The van der Waals surface area contributed by atoms with Gasteiger partial charge in [0.2, 0.25) is 0 Å². The summed E-state index contributed by atoms with van der Waals surface area (Å²) in [6, 6.07) is 0. The van der Waals surface area contributed by atoms with Gasteiger partial charge in [0, 0.05) is 19.6 Å². The Morgan fingerprint density at radius 3 is 2.75 bits per heavy atom. The van der Waals surface area contributed by atoms with Gasteiger partial charge in [-0.1, -0.05) is 12.2 Å². The molecule has 0 amide bonds. The maximum atomic E-state index is 10.0. The van der Waals surface area contributed by atoms with Crippen molar-refractivity contribution in [2.45, 2.75) is 0 Å². The molecule has 4 nitrogen and oxygen atoms in total. The van der Waals surface area contributed by atoms with Gasteiger partial charge < -0.3 is 9.84 Å². The molecule has 1 aliphatic heterocycles. The van der Waals surface area contributed by atoms with Crippen molar-refractivity contribution in [1.29, 1.82) is 0 Å². The highest BCUT2D eigenvalue weighted by Crippen LogP contribution is 1.97. The van der Waals surface area contributed by atoms with Crippen LogP contribution in [0.5, 0.6) is 0 Å². The van der Waals surface area contributed by atoms with E-state index in [4.69, 9.17) is 9.84 Å². The minimum Gasteiger partial charge on any atom is -0.480 e. The number of aliphatic carboxylic acids is 1. The van der Waals surface area contributed by atoms with E-state index in [1.807, 2.05) is 0 Å². The Bertz CT molecular complexity index is 171. The third kappa shape index (κ3) is 3.50. The average molecular weight is 171 g/mol. The zero-order chi connectivity index (χ0) is 8.81. The van der Waals surface area contributed by atoms with Gasteiger partial charge in [-0.05, 0) is 0 Å². The fraction of sp³-hybridized carbons (Fsp3) is 0.625. The number of hydrogen-bond acceptors (Lipinski definition) is 3. The maximum absolute atomic E-state index is 10.0. The van der Waals surface area contributed by atoms with Gasteiger partial charge in [0.15, 0.2) is 0 Å². The summed E-state index contributed by atoms with van der Waals surface area (Å²) in [5.41, 5.74) is 0. The maximum Gasteiger partial charge on any atom is 0.329 e. The molecule has 0 aromatic carbocycles. The molecule has 4 heteroatoms. The Balaban J connectivity index is 1.92. The summed E-state index contributed by atoms with van der Waals surface area (Å²) in [5.74, 6) is -0.908. The van der Waals surface area contributed by atoms with Gasteiger partial charge >= 0.3 is 5.97 Å². The van der Waals surface area contributed by atoms with E-state index in [-0.39, 0.29) is 6.61 Å². The first-order valence-electron chi connectivity index (χ1n) is 3.96. The third-order valence-corrected chi connectivity index (χ3v) is 1.67. The molecule has 12 heavy (non-hydrogen) atoms. The van der Waals surface area contributed by atoms with Gasteiger partial charge in [0.05, 0.1) is 6.61 Å². The van der Waals surface area contributed by atoms with Crippen LogP contribution < -0.4 is 0 Å². The summed E-state index contributed by atoms with van der Waals surface area (Å²) in [6.07, 6.45) is 4.19. The molecule has 0 atom stereocenters. The van der Waals surface area contributed by atoms with Crippen LogP contribution in [0.3, 0.4) is 0 Å². The summed E-state index contributed by atoms with van der Waals surface area (Å²) >= 11 is 0. The first-order chi connectivity index (χ1) is 5.79. The standard InChI is InChI=1S/C8H13NO3/c10-8(11)7-12-6-5-9-3-1-2-4-9/h1-2H,3-7H2,(H,10,11). The summed E-state index contributed by atoms with van der Waals surface area (Å²) in [5, 5.41) is 8.25. The molecule has 0 bridgehead atoms. The molecule has 1 aliphatic rings. The molecule has 1 N–H and O–H groups in total. The highest BCUT2D eigenvalue weighted by atomic mass is 16.5. The normalized spacial score (nSPS) is 17.0. The van der Waals surface area contributed by atoms with Crippen molar-refractivity contribution in [3.05, 3.63) is 12.2 Å². The fourth-order valence-corrected chi connectivity index (χ4v) is 1.06. The second kappa shape index (κ2) is 4.90. The van der Waals surface area contributed by atoms with Crippen molar-refractivity contribution < 1.29 is 14.6 Å². The van der Waals surface area contributed by atoms with E-state index in [9.17, 15) is 4.79 Å². The average Bonchev–Trinajstić information content (AvgIpc) is 2.49. The first kappa shape index (κ1) is 9.22. The minimum absolute atomic E-state index is 0.193. The number of rotatable bonds is 5. The molecule has 0 spiro atoms. The molecule has 0 aromatic heterocycles. The quantitative estimate of drug-likeness (QED) is 0.466. The first-order valence-corrected chi connectivity index (χ1v) is 3.96. The lowest BCUT2D eigenvalue weighted by atomic mass is 10.5. The number of hydrogen-bond donors (Lipinski definition) is 1. The zero-order valence-electron chi connectivity index (χ0n) is 6.90. The number of nitrogens with zero attached hydrogens (tertiary/aromatic N) is 1. The Hall–Kier alpha value is -0.870. The second-order valence-electron chi connectivity index (χ2n) is 2.68. The van der Waals surface area contributed by atoms with Crippen molar-refractivity contribution >= 4 is 5.97 Å². The van der Waals surface area contributed by atoms with Crippen molar-refractivity contribution in [1.82, 2.24) is 4.90 Å². The van der Waals surface area contributed by atoms with Gasteiger partial charge in [-0.3, -0.25) is 4.90 Å². The van der Waals surface area contributed by atoms with Gasteiger partial charge in [-0.25, -0.2) is 4.79 Å². The molecule has 0 saturated heterocycles. The monoisotopic (exact) mass is 171 g/mol. The van der Waals surface area contributed by atoms with Gasteiger partial charge in [0.1, 0.15) is 6.61 Å². The Kier molecular flexibility index (Phi) is 3.76. The fourth-order valence-electron chi connectivity index (χ4n) is 1.06. The topological polar surface area (TPSA) is 49.8 Å². The van der Waals surface area contributed by atoms with Crippen molar-refractivity contribution in [2.24, 2.45) is 0 Å². The van der Waals surface area contributed by atoms with Crippen LogP contribution in [0.25, 0.3) is 0 Å². The summed E-state index contributed by atoms with van der Waals surface area (Å²) < 4.78 is 4.89. The lowest BCUT2D eigenvalue weighted by Gasteiger charge is -2.13. The lowest BCUT2D eigenvalue weighted by molar-refractivity contribution is -0.142. The van der Waals surface area contributed by atoms with Gasteiger partial charge in [0.25, 0.3) is 0 Å². The molecule has 0 unspecified atom stereocenters. The largest absolute Gasteiger partial charge is 0.480 e. The predicted octanol–water partition coefficient (Wildman–Crippen LogP) is -0.0406. The van der Waals surface area contributed by atoms with E-state index in [1.165, 1.54) is 0 Å². The number of ether oxygens (including phenoxy) is 1. The Labute approximate surface area is 71.4 Å². The number of carboxylic acids is 1. The molecule has 68 valence electrons. The molecular weight excluding hydrogens is 158 g/mol. The number of carbonyl (C=O) groups is 1. The van der Waals surface area contributed by atoms with Crippen molar-refractivity contribution in [2.75, 3.05) is 32.8 Å². The summed E-state index contributed by atoms with van der Waals surface area (Å²) in [6.45, 7) is 3.02. The Morgan fingerprint density at radius 2 is 2.17 bits per heavy atom. The van der Waals surface area contributed by atoms with Crippen LogP contribution in [-0.4, -0.2) is 48.8 Å². The Morgan fingerprint density at radius 1 is 1.50 bits per heavy atom. The van der Waals surface area contributed by atoms with Crippen LogP contribution in [0, 0.1) is 0 Å². The van der Waals surface area contributed by atoms with E-state index in [1.54, 1.807) is 0 Å². The van der Waals surface area contributed by atoms with E-state index < -0.39 is 5.97 Å². The summed E-state index contributed by atoms with van der Waals surface area (Å²) in [4.78, 5) is 12.2. The molecule has 0 aliphatic carbocycles. The van der Waals surface area contributed by atoms with Crippen LogP contribution in [-0.2, 0) is 9.53 Å².